The van der Waals surface area contributed by atoms with Gasteiger partial charge in [-0.25, -0.2) is 0 Å². The molecule has 1 fully saturated rings. The van der Waals surface area contributed by atoms with Crippen LogP contribution in [-0.4, -0.2) is 26.2 Å². The van der Waals surface area contributed by atoms with Crippen molar-refractivity contribution in [3.05, 3.63) is 29.8 Å². The van der Waals surface area contributed by atoms with Gasteiger partial charge < -0.3 is 10.2 Å². The second-order valence-electron chi connectivity index (χ2n) is 5.15. The van der Waals surface area contributed by atoms with Gasteiger partial charge in [0.2, 0.25) is 0 Å². The van der Waals surface area contributed by atoms with E-state index in [0.29, 0.717) is 5.92 Å². The summed E-state index contributed by atoms with van der Waals surface area (Å²) in [6.45, 7) is 5.81. The maximum Gasteiger partial charge on any atom is 0.416 e. The second-order valence-corrected chi connectivity index (χ2v) is 5.15. The van der Waals surface area contributed by atoms with E-state index in [1.807, 2.05) is 0 Å². The quantitative estimate of drug-likeness (QED) is 0.845. The van der Waals surface area contributed by atoms with Gasteiger partial charge in [0.05, 0.1) is 5.56 Å². The van der Waals surface area contributed by atoms with Gasteiger partial charge in [-0.3, -0.25) is 0 Å². The van der Waals surface area contributed by atoms with Gasteiger partial charge in [0.1, 0.15) is 0 Å². The van der Waals surface area contributed by atoms with Gasteiger partial charge in [-0.05, 0) is 49.7 Å². The molecule has 1 saturated heterocycles. The Morgan fingerprint density at radius 1 is 1.21 bits per heavy atom. The van der Waals surface area contributed by atoms with Crippen LogP contribution in [0.2, 0.25) is 0 Å². The smallest absolute Gasteiger partial charge is 0.371 e. The fourth-order valence-electron chi connectivity index (χ4n) is 2.37. The van der Waals surface area contributed by atoms with Gasteiger partial charge in [0.15, 0.2) is 0 Å². The number of nitrogens with zero attached hydrogens (tertiary/aromatic N) is 1. The van der Waals surface area contributed by atoms with Crippen molar-refractivity contribution in [3.63, 3.8) is 0 Å². The number of benzene rings is 1. The van der Waals surface area contributed by atoms with Crippen LogP contribution in [0, 0.1) is 5.92 Å². The van der Waals surface area contributed by atoms with Gasteiger partial charge in [0, 0.05) is 18.8 Å². The summed E-state index contributed by atoms with van der Waals surface area (Å²) >= 11 is 0. The van der Waals surface area contributed by atoms with Crippen LogP contribution in [0.1, 0.15) is 18.9 Å². The van der Waals surface area contributed by atoms with Crippen LogP contribution in [0.15, 0.2) is 24.3 Å². The van der Waals surface area contributed by atoms with Crippen LogP contribution in [0.3, 0.4) is 0 Å². The molecule has 0 spiro atoms. The van der Waals surface area contributed by atoms with E-state index in [9.17, 15) is 13.2 Å². The first-order valence-electron chi connectivity index (χ1n) is 6.60. The molecule has 1 aliphatic rings. The lowest BCUT2D eigenvalue weighted by atomic mass is 10.1. The molecule has 0 aliphatic carbocycles. The summed E-state index contributed by atoms with van der Waals surface area (Å²) in [5, 5.41) is 3.36. The number of hydrogen-bond donors (Lipinski definition) is 1. The molecule has 1 aromatic rings. The fourth-order valence-corrected chi connectivity index (χ4v) is 2.37. The Morgan fingerprint density at radius 2 is 1.89 bits per heavy atom. The predicted octanol–water partition coefficient (Wildman–Crippen LogP) is 3.14. The van der Waals surface area contributed by atoms with Crippen LogP contribution >= 0.6 is 0 Å². The lowest BCUT2D eigenvalue weighted by Gasteiger charge is -2.30. The zero-order chi connectivity index (χ0) is 13.9. The highest BCUT2D eigenvalue weighted by atomic mass is 19.4. The molecule has 2 rings (SSSR count). The highest BCUT2D eigenvalue weighted by Gasteiger charge is 2.30. The largest absolute Gasteiger partial charge is 0.416 e. The number of hydrogen-bond acceptors (Lipinski definition) is 2. The van der Waals surface area contributed by atoms with Crippen LogP contribution in [0.25, 0.3) is 0 Å². The Balaban J connectivity index is 2.11. The third kappa shape index (κ3) is 3.86. The Bertz CT molecular complexity index is 400. The number of anilines is 1. The molecule has 0 amide bonds. The normalized spacial score (nSPS) is 21.9. The molecule has 1 aliphatic heterocycles. The zero-order valence-corrected chi connectivity index (χ0v) is 11.0. The van der Waals surface area contributed by atoms with Crippen LogP contribution < -0.4 is 10.2 Å². The van der Waals surface area contributed by atoms with Crippen molar-refractivity contribution in [1.29, 1.82) is 0 Å². The molecule has 1 heterocycles. The second kappa shape index (κ2) is 5.82. The monoisotopic (exact) mass is 272 g/mol. The molecule has 1 aromatic carbocycles. The topological polar surface area (TPSA) is 15.3 Å². The summed E-state index contributed by atoms with van der Waals surface area (Å²) < 4.78 is 37.6. The molecule has 0 aromatic heterocycles. The Hall–Kier alpha value is -1.23. The molecule has 0 saturated carbocycles. The molecule has 2 nitrogen and oxygen atoms in total. The van der Waals surface area contributed by atoms with Crippen molar-refractivity contribution < 1.29 is 13.2 Å². The molecule has 1 unspecified atom stereocenters. The van der Waals surface area contributed by atoms with E-state index in [1.54, 1.807) is 12.1 Å². The van der Waals surface area contributed by atoms with Crippen molar-refractivity contribution >= 4 is 5.69 Å². The van der Waals surface area contributed by atoms with Gasteiger partial charge in [-0.2, -0.15) is 13.2 Å². The summed E-state index contributed by atoms with van der Waals surface area (Å²) in [6, 6.07) is 5.48. The molecule has 1 atom stereocenters. The maximum absolute atomic E-state index is 12.5. The van der Waals surface area contributed by atoms with Crippen molar-refractivity contribution in [2.45, 2.75) is 19.5 Å². The van der Waals surface area contributed by atoms with E-state index in [-0.39, 0.29) is 0 Å². The number of alkyl halides is 3. The Morgan fingerprint density at radius 3 is 2.53 bits per heavy atom. The maximum atomic E-state index is 12.5. The summed E-state index contributed by atoms with van der Waals surface area (Å²) in [7, 11) is 0. The first-order valence-corrected chi connectivity index (χ1v) is 6.60. The Labute approximate surface area is 111 Å². The fraction of sp³-hybridized carbons (Fsp3) is 0.571. The zero-order valence-electron chi connectivity index (χ0n) is 11.0. The van der Waals surface area contributed by atoms with Crippen molar-refractivity contribution in [3.8, 4) is 0 Å². The first-order chi connectivity index (χ1) is 8.97. The van der Waals surface area contributed by atoms with Crippen molar-refractivity contribution in [2.24, 2.45) is 5.92 Å². The van der Waals surface area contributed by atoms with Gasteiger partial charge in [0.25, 0.3) is 0 Å². The molecule has 106 valence electrons. The molecule has 19 heavy (non-hydrogen) atoms. The molecular weight excluding hydrogens is 253 g/mol. The Kier molecular flexibility index (Phi) is 4.34. The SMILES string of the molecule is CC1CNCCCN(c2ccc(C(F)(F)F)cc2)C1. The van der Waals surface area contributed by atoms with Crippen molar-refractivity contribution in [2.75, 3.05) is 31.1 Å². The van der Waals surface area contributed by atoms with Crippen LogP contribution in [0.4, 0.5) is 18.9 Å². The number of nitrogens with one attached hydrogen (secondary N) is 1. The summed E-state index contributed by atoms with van der Waals surface area (Å²) in [5.41, 5.74) is 0.291. The lowest BCUT2D eigenvalue weighted by Crippen LogP contribution is -2.38. The average molecular weight is 272 g/mol. The number of rotatable bonds is 1. The first kappa shape index (κ1) is 14.2. The van der Waals surface area contributed by atoms with Crippen LogP contribution in [0.5, 0.6) is 0 Å². The highest BCUT2D eigenvalue weighted by Crippen LogP contribution is 2.30. The van der Waals surface area contributed by atoms with E-state index in [4.69, 9.17) is 0 Å². The van der Waals surface area contributed by atoms with Crippen molar-refractivity contribution in [1.82, 2.24) is 5.32 Å². The summed E-state index contributed by atoms with van der Waals surface area (Å²) in [4.78, 5) is 2.17. The molecule has 0 radical (unpaired) electrons. The minimum atomic E-state index is -4.26. The standard InChI is InChI=1S/C14H19F3N2/c1-11-9-18-7-2-8-19(10-11)13-5-3-12(4-6-13)14(15,16)17/h3-6,11,18H,2,7-10H2,1H3. The minimum absolute atomic E-state index is 0.489. The van der Waals surface area contributed by atoms with E-state index < -0.39 is 11.7 Å². The van der Waals surface area contributed by atoms with Gasteiger partial charge in [-0.15, -0.1) is 0 Å². The lowest BCUT2D eigenvalue weighted by molar-refractivity contribution is -0.137. The molecule has 0 bridgehead atoms. The molecule has 1 N–H and O–H groups in total. The summed E-state index contributed by atoms with van der Waals surface area (Å²) in [5.74, 6) is 0.489. The molecular formula is C14H19F3N2. The molecule has 5 heteroatoms. The summed E-state index contributed by atoms with van der Waals surface area (Å²) in [6.07, 6.45) is -3.25. The van der Waals surface area contributed by atoms with E-state index in [2.05, 4.69) is 17.1 Å². The van der Waals surface area contributed by atoms with Gasteiger partial charge in [-0.1, -0.05) is 6.92 Å². The van der Waals surface area contributed by atoms with E-state index in [1.165, 1.54) is 0 Å². The van der Waals surface area contributed by atoms with E-state index in [0.717, 1.165) is 50.4 Å². The third-order valence-corrected chi connectivity index (χ3v) is 3.37. The highest BCUT2D eigenvalue weighted by molar-refractivity contribution is 5.48. The van der Waals surface area contributed by atoms with E-state index >= 15 is 0 Å². The predicted molar refractivity (Wildman–Crippen MR) is 70.3 cm³/mol. The minimum Gasteiger partial charge on any atom is -0.371 e. The van der Waals surface area contributed by atoms with Crippen LogP contribution in [-0.2, 0) is 6.18 Å². The number of halogens is 3. The third-order valence-electron chi connectivity index (χ3n) is 3.37. The average Bonchev–Trinajstić information content (AvgIpc) is 2.33. The van der Waals surface area contributed by atoms with Gasteiger partial charge >= 0.3 is 6.18 Å².